The van der Waals surface area contributed by atoms with Crippen LogP contribution >= 0.6 is 0 Å². The number of hydrogen-bond donors (Lipinski definition) is 0. The molecule has 1 spiro atoms. The van der Waals surface area contributed by atoms with Gasteiger partial charge in [-0.15, -0.1) is 0 Å². The van der Waals surface area contributed by atoms with E-state index < -0.39 is 0 Å². The van der Waals surface area contributed by atoms with E-state index in [0.29, 0.717) is 5.41 Å². The summed E-state index contributed by atoms with van der Waals surface area (Å²) in [6.07, 6.45) is 15.9. The zero-order valence-electron chi connectivity index (χ0n) is 9.09. The van der Waals surface area contributed by atoms with Crippen molar-refractivity contribution in [2.75, 3.05) is 7.11 Å². The van der Waals surface area contributed by atoms with Crippen LogP contribution in [0.5, 0.6) is 0 Å². The first-order valence-corrected chi connectivity index (χ1v) is 5.70. The van der Waals surface area contributed by atoms with Crippen molar-refractivity contribution < 1.29 is 4.74 Å². The zero-order valence-corrected chi connectivity index (χ0v) is 9.09. The van der Waals surface area contributed by atoms with Gasteiger partial charge in [-0.25, -0.2) is 0 Å². The van der Waals surface area contributed by atoms with Crippen molar-refractivity contribution in [3.63, 3.8) is 0 Å². The van der Waals surface area contributed by atoms with Crippen molar-refractivity contribution in [1.29, 1.82) is 0 Å². The van der Waals surface area contributed by atoms with Crippen LogP contribution in [0.25, 0.3) is 0 Å². The molecule has 0 heterocycles. The van der Waals surface area contributed by atoms with E-state index in [4.69, 9.17) is 4.74 Å². The van der Waals surface area contributed by atoms with Crippen LogP contribution in [0.3, 0.4) is 0 Å². The molecule has 0 aromatic rings. The fourth-order valence-electron chi connectivity index (χ4n) is 2.92. The van der Waals surface area contributed by atoms with E-state index in [2.05, 4.69) is 12.2 Å². The second kappa shape index (κ2) is 4.20. The van der Waals surface area contributed by atoms with Crippen LogP contribution in [0.1, 0.15) is 44.9 Å². The van der Waals surface area contributed by atoms with E-state index in [-0.39, 0.29) is 0 Å². The smallest absolute Gasteiger partial charge is 0.0816 e. The van der Waals surface area contributed by atoms with Crippen molar-refractivity contribution in [1.82, 2.24) is 0 Å². The lowest BCUT2D eigenvalue weighted by atomic mass is 9.78. The molecule has 2 rings (SSSR count). The highest BCUT2D eigenvalue weighted by Gasteiger charge is 2.35. The Labute approximate surface area is 86.8 Å². The van der Waals surface area contributed by atoms with E-state index in [1.807, 2.05) is 6.26 Å². The Morgan fingerprint density at radius 3 is 2.57 bits per heavy atom. The first kappa shape index (κ1) is 9.82. The molecule has 0 aliphatic heterocycles. The van der Waals surface area contributed by atoms with Gasteiger partial charge in [-0.2, -0.15) is 0 Å². The second-order valence-corrected chi connectivity index (χ2v) is 4.74. The minimum Gasteiger partial charge on any atom is -0.504 e. The van der Waals surface area contributed by atoms with E-state index in [9.17, 15) is 0 Å². The molecule has 2 aliphatic carbocycles. The fraction of sp³-hybridized carbons (Fsp3) is 0.692. The predicted octanol–water partition coefficient (Wildman–Crippen LogP) is 3.82. The fourth-order valence-corrected chi connectivity index (χ4v) is 2.92. The predicted molar refractivity (Wildman–Crippen MR) is 59.0 cm³/mol. The molecular formula is C13H20O. The molecule has 0 saturated heterocycles. The summed E-state index contributed by atoms with van der Waals surface area (Å²) in [7, 11) is 1.76. The summed E-state index contributed by atoms with van der Waals surface area (Å²) in [4.78, 5) is 0. The maximum atomic E-state index is 5.11. The molecule has 0 unspecified atom stereocenters. The summed E-state index contributed by atoms with van der Waals surface area (Å²) >= 11 is 0. The van der Waals surface area contributed by atoms with Gasteiger partial charge in [-0.3, -0.25) is 0 Å². The van der Waals surface area contributed by atoms with Crippen molar-refractivity contribution in [2.24, 2.45) is 5.41 Å². The minimum absolute atomic E-state index is 0.619. The highest BCUT2D eigenvalue weighted by molar-refractivity contribution is 5.12. The van der Waals surface area contributed by atoms with Crippen LogP contribution in [-0.2, 0) is 4.74 Å². The lowest BCUT2D eigenvalue weighted by molar-refractivity contribution is 0.261. The molecule has 2 aliphatic rings. The van der Waals surface area contributed by atoms with Crippen LogP contribution in [0.4, 0.5) is 0 Å². The number of allylic oxidation sites excluding steroid dienone is 3. The Morgan fingerprint density at radius 2 is 1.93 bits per heavy atom. The van der Waals surface area contributed by atoms with Gasteiger partial charge >= 0.3 is 0 Å². The maximum absolute atomic E-state index is 5.11. The Morgan fingerprint density at radius 1 is 1.21 bits per heavy atom. The Balaban J connectivity index is 2.01. The number of hydrogen-bond acceptors (Lipinski definition) is 1. The van der Waals surface area contributed by atoms with Gasteiger partial charge in [-0.1, -0.05) is 12.2 Å². The lowest BCUT2D eigenvalue weighted by Crippen LogP contribution is -2.14. The molecule has 1 saturated carbocycles. The van der Waals surface area contributed by atoms with Gasteiger partial charge in [0.05, 0.1) is 13.4 Å². The molecule has 0 bridgehead atoms. The highest BCUT2D eigenvalue weighted by Crippen LogP contribution is 2.49. The summed E-state index contributed by atoms with van der Waals surface area (Å²) in [5, 5.41) is 0. The maximum Gasteiger partial charge on any atom is 0.0816 e. The lowest BCUT2D eigenvalue weighted by Gasteiger charge is -2.26. The Hall–Kier alpha value is -0.720. The third kappa shape index (κ3) is 2.02. The average molecular weight is 192 g/mol. The monoisotopic (exact) mass is 192 g/mol. The molecule has 0 radical (unpaired) electrons. The van der Waals surface area contributed by atoms with Crippen LogP contribution in [0, 0.1) is 5.41 Å². The summed E-state index contributed by atoms with van der Waals surface area (Å²) in [5.41, 5.74) is 2.14. The molecular weight excluding hydrogens is 172 g/mol. The molecule has 1 fully saturated rings. The summed E-state index contributed by atoms with van der Waals surface area (Å²) < 4.78 is 5.11. The van der Waals surface area contributed by atoms with Crippen molar-refractivity contribution in [2.45, 2.75) is 44.9 Å². The van der Waals surface area contributed by atoms with Gasteiger partial charge in [0, 0.05) is 0 Å². The van der Waals surface area contributed by atoms with E-state index in [1.165, 1.54) is 50.5 Å². The van der Waals surface area contributed by atoms with E-state index in [0.717, 1.165) is 0 Å². The largest absolute Gasteiger partial charge is 0.504 e. The molecule has 0 amide bonds. The minimum atomic E-state index is 0.619. The molecule has 1 nitrogen and oxygen atoms in total. The quantitative estimate of drug-likeness (QED) is 0.453. The number of rotatable bonds is 1. The van der Waals surface area contributed by atoms with E-state index >= 15 is 0 Å². The SMILES string of the molecule is COC=C1CCC2(CCC=CCC2)C1. The third-order valence-corrected chi connectivity index (χ3v) is 3.71. The number of ether oxygens (including phenoxy) is 1. The number of methoxy groups -OCH3 is 1. The summed E-state index contributed by atoms with van der Waals surface area (Å²) in [5.74, 6) is 0. The van der Waals surface area contributed by atoms with Gasteiger partial charge in [0.25, 0.3) is 0 Å². The Kier molecular flexibility index (Phi) is 2.95. The summed E-state index contributed by atoms with van der Waals surface area (Å²) in [6.45, 7) is 0. The van der Waals surface area contributed by atoms with E-state index in [1.54, 1.807) is 7.11 Å². The van der Waals surface area contributed by atoms with Gasteiger partial charge in [-0.05, 0) is 55.9 Å². The Bertz CT molecular complexity index is 240. The van der Waals surface area contributed by atoms with Crippen molar-refractivity contribution in [3.05, 3.63) is 24.0 Å². The normalized spacial score (nSPS) is 28.2. The van der Waals surface area contributed by atoms with Crippen molar-refractivity contribution in [3.8, 4) is 0 Å². The van der Waals surface area contributed by atoms with Crippen LogP contribution in [-0.4, -0.2) is 7.11 Å². The van der Waals surface area contributed by atoms with Gasteiger partial charge in [0.1, 0.15) is 0 Å². The molecule has 0 aromatic carbocycles. The molecule has 14 heavy (non-hydrogen) atoms. The highest BCUT2D eigenvalue weighted by atomic mass is 16.5. The first-order valence-electron chi connectivity index (χ1n) is 5.70. The standard InChI is InChI=1S/C13H20O/c1-14-11-12-6-9-13(10-12)7-4-2-3-5-8-13/h2-3,11H,4-10H2,1H3. The third-order valence-electron chi connectivity index (χ3n) is 3.71. The van der Waals surface area contributed by atoms with Crippen LogP contribution in [0.15, 0.2) is 24.0 Å². The molecule has 1 heteroatoms. The summed E-state index contributed by atoms with van der Waals surface area (Å²) in [6, 6.07) is 0. The average Bonchev–Trinajstić information content (AvgIpc) is 2.43. The molecule has 0 aromatic heterocycles. The van der Waals surface area contributed by atoms with Gasteiger partial charge < -0.3 is 4.74 Å². The van der Waals surface area contributed by atoms with Crippen LogP contribution in [0.2, 0.25) is 0 Å². The van der Waals surface area contributed by atoms with Crippen molar-refractivity contribution >= 4 is 0 Å². The van der Waals surface area contributed by atoms with Gasteiger partial charge in [0.15, 0.2) is 0 Å². The first-order chi connectivity index (χ1) is 6.85. The molecule has 78 valence electrons. The topological polar surface area (TPSA) is 9.23 Å². The van der Waals surface area contributed by atoms with Gasteiger partial charge in [0.2, 0.25) is 0 Å². The zero-order chi connectivity index (χ0) is 9.86. The molecule has 0 N–H and O–H groups in total. The second-order valence-electron chi connectivity index (χ2n) is 4.74. The molecule has 0 atom stereocenters. The van der Waals surface area contributed by atoms with Crippen LogP contribution < -0.4 is 0 Å².